The largest absolute Gasteiger partial charge is 0.707 e. The zero-order chi connectivity index (χ0) is 14.5. The Morgan fingerprint density at radius 3 is 1.78 bits per heavy atom. The molecule has 102 valence electrons. The van der Waals surface area contributed by atoms with Crippen molar-refractivity contribution in [2.45, 2.75) is 27.7 Å². The summed E-state index contributed by atoms with van der Waals surface area (Å²) in [6, 6.07) is 1.82. The van der Waals surface area contributed by atoms with Gasteiger partial charge in [0.25, 0.3) is 0 Å². The zero-order valence-electron chi connectivity index (χ0n) is 12.4. The van der Waals surface area contributed by atoms with Crippen LogP contribution >= 0.6 is 0 Å². The highest BCUT2D eigenvalue weighted by molar-refractivity contribution is 6.33. The lowest BCUT2D eigenvalue weighted by Gasteiger charge is -2.14. The van der Waals surface area contributed by atoms with Crippen molar-refractivity contribution in [3.05, 3.63) is 28.3 Å². The van der Waals surface area contributed by atoms with E-state index in [-0.39, 0.29) is 0 Å². The van der Waals surface area contributed by atoms with Crippen LogP contribution in [-0.4, -0.2) is 43.4 Å². The van der Waals surface area contributed by atoms with Crippen LogP contribution in [0, 0.1) is 27.7 Å². The van der Waals surface area contributed by atoms with Gasteiger partial charge in [-0.3, -0.25) is 0 Å². The quantitative estimate of drug-likeness (QED) is 0.783. The van der Waals surface area contributed by atoms with Gasteiger partial charge < -0.3 is 19.6 Å². The highest BCUT2D eigenvalue weighted by Gasteiger charge is 2.15. The molecule has 0 heterocycles. The average molecular weight is 253 g/mol. The maximum Gasteiger partial charge on any atom is 0.707 e. The molecule has 0 bridgehead atoms. The van der Waals surface area contributed by atoms with E-state index in [0.29, 0.717) is 5.75 Å². The number of rotatable bonds is 2. The standard InChI is InChI=1S/C10H15BO3.C3H9N/c1-6-5-10(14-11(12)13)9(4)8(3)7(6)2;1-4(2)3/h5,12-13H,1-4H3;1-3H3. The summed E-state index contributed by atoms with van der Waals surface area (Å²) in [7, 11) is 4.25. The molecule has 0 aliphatic rings. The first-order valence-corrected chi connectivity index (χ1v) is 5.88. The molecule has 0 spiro atoms. The molecule has 0 aromatic heterocycles. The molecule has 0 aliphatic carbocycles. The van der Waals surface area contributed by atoms with E-state index in [1.54, 1.807) is 0 Å². The Morgan fingerprint density at radius 2 is 1.39 bits per heavy atom. The minimum Gasteiger partial charge on any atom is -0.512 e. The van der Waals surface area contributed by atoms with Gasteiger partial charge in [-0.05, 0) is 77.2 Å². The lowest BCUT2D eigenvalue weighted by Crippen LogP contribution is -2.21. The molecule has 0 radical (unpaired) electrons. The van der Waals surface area contributed by atoms with Crippen molar-refractivity contribution in [2.75, 3.05) is 21.1 Å². The van der Waals surface area contributed by atoms with Gasteiger partial charge >= 0.3 is 7.32 Å². The van der Waals surface area contributed by atoms with Crippen molar-refractivity contribution < 1.29 is 14.7 Å². The van der Waals surface area contributed by atoms with Crippen molar-refractivity contribution in [1.29, 1.82) is 0 Å². The summed E-state index contributed by atoms with van der Waals surface area (Å²) in [5.41, 5.74) is 4.37. The van der Waals surface area contributed by atoms with Crippen LogP contribution in [0.4, 0.5) is 0 Å². The van der Waals surface area contributed by atoms with E-state index >= 15 is 0 Å². The topological polar surface area (TPSA) is 52.9 Å². The molecule has 0 unspecified atom stereocenters. The lowest BCUT2D eigenvalue weighted by atomic mass is 9.98. The zero-order valence-corrected chi connectivity index (χ0v) is 12.4. The number of nitrogens with zero attached hydrogens (tertiary/aromatic N) is 1. The van der Waals surface area contributed by atoms with Gasteiger partial charge in [0, 0.05) is 0 Å². The van der Waals surface area contributed by atoms with E-state index in [0.717, 1.165) is 16.7 Å². The molecular formula is C13H24BNO3. The Kier molecular flexibility index (Phi) is 6.98. The van der Waals surface area contributed by atoms with Crippen molar-refractivity contribution >= 4 is 7.32 Å². The monoisotopic (exact) mass is 253 g/mol. The second kappa shape index (κ2) is 7.41. The summed E-state index contributed by atoms with van der Waals surface area (Å²) in [5.74, 6) is 0.528. The van der Waals surface area contributed by atoms with E-state index in [9.17, 15) is 0 Å². The van der Waals surface area contributed by atoms with Crippen LogP contribution < -0.4 is 4.65 Å². The van der Waals surface area contributed by atoms with E-state index in [2.05, 4.69) is 0 Å². The van der Waals surface area contributed by atoms with E-state index in [1.807, 2.05) is 59.8 Å². The molecule has 0 aliphatic heterocycles. The summed E-state index contributed by atoms with van der Waals surface area (Å²) in [4.78, 5) is 2.00. The molecule has 0 fully saturated rings. The third-order valence-electron chi connectivity index (χ3n) is 2.67. The summed E-state index contributed by atoms with van der Waals surface area (Å²) in [5, 5.41) is 17.4. The first-order chi connectivity index (χ1) is 8.16. The molecule has 5 heteroatoms. The third kappa shape index (κ3) is 5.53. The van der Waals surface area contributed by atoms with Gasteiger partial charge in [-0.15, -0.1) is 0 Å². The molecule has 0 saturated carbocycles. The smallest absolute Gasteiger partial charge is 0.512 e. The molecular weight excluding hydrogens is 229 g/mol. The van der Waals surface area contributed by atoms with Crippen LogP contribution in [-0.2, 0) is 0 Å². The van der Waals surface area contributed by atoms with Crippen LogP contribution in [0.15, 0.2) is 6.07 Å². The fourth-order valence-electron chi connectivity index (χ4n) is 1.41. The number of benzene rings is 1. The van der Waals surface area contributed by atoms with E-state index in [4.69, 9.17) is 14.7 Å². The fourth-order valence-corrected chi connectivity index (χ4v) is 1.41. The average Bonchev–Trinajstić information content (AvgIpc) is 2.21. The van der Waals surface area contributed by atoms with E-state index < -0.39 is 7.32 Å². The molecule has 18 heavy (non-hydrogen) atoms. The molecule has 0 atom stereocenters. The second-order valence-corrected chi connectivity index (χ2v) is 4.85. The maximum absolute atomic E-state index is 8.71. The first-order valence-electron chi connectivity index (χ1n) is 5.88. The summed E-state index contributed by atoms with van der Waals surface area (Å²) in [6.07, 6.45) is 0. The molecule has 1 rings (SSSR count). The highest BCUT2D eigenvalue weighted by Crippen LogP contribution is 2.26. The minimum absolute atomic E-state index is 0.528. The SMILES string of the molecule is CN(C)C.Cc1cc(OB(O)O)c(C)c(C)c1C. The Labute approximate surface area is 110 Å². The van der Waals surface area contributed by atoms with Gasteiger partial charge in [-0.1, -0.05) is 0 Å². The Balaban J connectivity index is 0.000000631. The van der Waals surface area contributed by atoms with Crippen LogP contribution in [0.1, 0.15) is 22.3 Å². The highest BCUT2D eigenvalue weighted by atomic mass is 16.6. The predicted octanol–water partition coefficient (Wildman–Crippen LogP) is 1.45. The van der Waals surface area contributed by atoms with Gasteiger partial charge in [-0.25, -0.2) is 0 Å². The minimum atomic E-state index is -1.75. The van der Waals surface area contributed by atoms with Gasteiger partial charge in [0.05, 0.1) is 0 Å². The van der Waals surface area contributed by atoms with Gasteiger partial charge in [0.1, 0.15) is 5.75 Å². The summed E-state index contributed by atoms with van der Waals surface area (Å²) < 4.78 is 4.87. The van der Waals surface area contributed by atoms with Gasteiger partial charge in [-0.2, -0.15) is 0 Å². The Morgan fingerprint density at radius 1 is 0.944 bits per heavy atom. The van der Waals surface area contributed by atoms with Crippen molar-refractivity contribution in [2.24, 2.45) is 0 Å². The summed E-state index contributed by atoms with van der Waals surface area (Å²) in [6.45, 7) is 7.91. The number of hydrogen-bond donors (Lipinski definition) is 2. The van der Waals surface area contributed by atoms with Crippen molar-refractivity contribution in [3.8, 4) is 5.75 Å². The van der Waals surface area contributed by atoms with Crippen molar-refractivity contribution in [1.82, 2.24) is 4.90 Å². The normalized spacial score (nSPS) is 9.89. The molecule has 2 N–H and O–H groups in total. The molecule has 1 aromatic rings. The lowest BCUT2D eigenvalue weighted by molar-refractivity contribution is 0.287. The van der Waals surface area contributed by atoms with Crippen LogP contribution in [0.3, 0.4) is 0 Å². The summed E-state index contributed by atoms with van der Waals surface area (Å²) >= 11 is 0. The molecule has 1 aromatic carbocycles. The number of hydrogen-bond acceptors (Lipinski definition) is 4. The fraction of sp³-hybridized carbons (Fsp3) is 0.538. The van der Waals surface area contributed by atoms with Gasteiger partial charge in [0.2, 0.25) is 0 Å². The third-order valence-corrected chi connectivity index (χ3v) is 2.67. The van der Waals surface area contributed by atoms with Crippen LogP contribution in [0.25, 0.3) is 0 Å². The molecule has 0 amide bonds. The van der Waals surface area contributed by atoms with Crippen LogP contribution in [0.2, 0.25) is 0 Å². The Bertz CT molecular complexity index is 390. The van der Waals surface area contributed by atoms with Crippen LogP contribution in [0.5, 0.6) is 5.75 Å². The predicted molar refractivity (Wildman–Crippen MR) is 75.8 cm³/mol. The van der Waals surface area contributed by atoms with Crippen molar-refractivity contribution in [3.63, 3.8) is 0 Å². The van der Waals surface area contributed by atoms with Gasteiger partial charge in [0.15, 0.2) is 0 Å². The second-order valence-electron chi connectivity index (χ2n) is 4.85. The Hall–Kier alpha value is -1.04. The maximum atomic E-state index is 8.71. The first kappa shape index (κ1) is 17.0. The van der Waals surface area contributed by atoms with E-state index in [1.165, 1.54) is 5.56 Å². The molecule has 0 saturated heterocycles. The number of aryl methyl sites for hydroxylation is 1. The molecule has 4 nitrogen and oxygen atoms in total.